The normalized spacial score (nSPS) is 18.7. The zero-order chi connectivity index (χ0) is 16.2. The maximum absolute atomic E-state index is 12.3. The van der Waals surface area contributed by atoms with Crippen molar-refractivity contribution < 1.29 is 9.59 Å². The van der Waals surface area contributed by atoms with E-state index in [9.17, 15) is 9.59 Å². The first-order valence-corrected chi connectivity index (χ1v) is 8.82. The molecule has 0 atom stereocenters. The summed E-state index contributed by atoms with van der Waals surface area (Å²) >= 11 is 5.86. The van der Waals surface area contributed by atoms with Crippen LogP contribution in [0.4, 0.5) is 0 Å². The van der Waals surface area contributed by atoms with Crippen LogP contribution in [0, 0.1) is 5.92 Å². The van der Waals surface area contributed by atoms with E-state index in [1.807, 2.05) is 29.2 Å². The zero-order valence-corrected chi connectivity index (χ0v) is 14.0. The number of halogens is 1. The molecule has 1 heterocycles. The Morgan fingerprint density at radius 3 is 2.35 bits per heavy atom. The minimum Gasteiger partial charge on any atom is -0.353 e. The molecule has 2 amide bonds. The lowest BCUT2D eigenvalue weighted by Gasteiger charge is -2.32. The molecule has 2 fully saturated rings. The molecule has 1 aliphatic carbocycles. The molecule has 0 aromatic heterocycles. The summed E-state index contributed by atoms with van der Waals surface area (Å²) in [5, 5.41) is 3.83. The Kier molecular flexibility index (Phi) is 5.21. The Balaban J connectivity index is 1.39. The summed E-state index contributed by atoms with van der Waals surface area (Å²) < 4.78 is 0. The highest BCUT2D eigenvalue weighted by Gasteiger charge is 2.32. The molecule has 3 rings (SSSR count). The van der Waals surface area contributed by atoms with Crippen molar-refractivity contribution in [1.82, 2.24) is 10.2 Å². The summed E-state index contributed by atoms with van der Waals surface area (Å²) in [5.74, 6) is 0.665. The van der Waals surface area contributed by atoms with Gasteiger partial charge in [0.25, 0.3) is 0 Å². The van der Waals surface area contributed by atoms with E-state index >= 15 is 0 Å². The van der Waals surface area contributed by atoms with E-state index in [0.29, 0.717) is 6.42 Å². The number of aryl methyl sites for hydroxylation is 1. The van der Waals surface area contributed by atoms with Gasteiger partial charge in [0, 0.05) is 36.5 Å². The number of rotatable bonds is 5. The molecular weight excluding hydrogens is 312 g/mol. The highest BCUT2D eigenvalue weighted by atomic mass is 35.5. The lowest BCUT2D eigenvalue weighted by molar-refractivity contribution is -0.132. The standard InChI is InChI=1S/C18H23ClN2O2/c19-15-6-1-13(2-7-15)3-8-17(22)21-11-9-16(10-12-21)20-18(23)14-4-5-14/h1-2,6-7,14,16H,3-5,8-12H2,(H,20,23). The van der Waals surface area contributed by atoms with Crippen molar-refractivity contribution in [3.63, 3.8) is 0 Å². The first-order chi connectivity index (χ1) is 11.1. The van der Waals surface area contributed by atoms with E-state index in [1.165, 1.54) is 0 Å². The molecule has 124 valence electrons. The van der Waals surface area contributed by atoms with Gasteiger partial charge in [0.2, 0.25) is 11.8 Å². The summed E-state index contributed by atoms with van der Waals surface area (Å²) in [4.78, 5) is 26.0. The molecule has 1 aliphatic heterocycles. The van der Waals surface area contributed by atoms with E-state index in [4.69, 9.17) is 11.6 Å². The number of carbonyl (C=O) groups is 2. The van der Waals surface area contributed by atoms with Gasteiger partial charge < -0.3 is 10.2 Å². The van der Waals surface area contributed by atoms with Crippen LogP contribution in [0.25, 0.3) is 0 Å². The fraction of sp³-hybridized carbons (Fsp3) is 0.556. The number of hydrogen-bond acceptors (Lipinski definition) is 2. The number of hydrogen-bond donors (Lipinski definition) is 1. The SMILES string of the molecule is O=C(NC1CCN(C(=O)CCc2ccc(Cl)cc2)CC1)C1CC1. The topological polar surface area (TPSA) is 49.4 Å². The summed E-state index contributed by atoms with van der Waals surface area (Å²) in [5.41, 5.74) is 1.13. The second-order valence-corrected chi connectivity index (χ2v) is 7.00. The maximum Gasteiger partial charge on any atom is 0.223 e. The molecule has 0 spiro atoms. The Labute approximate surface area is 142 Å². The third kappa shape index (κ3) is 4.71. The van der Waals surface area contributed by atoms with Gasteiger partial charge in [0.1, 0.15) is 0 Å². The Morgan fingerprint density at radius 1 is 1.09 bits per heavy atom. The first kappa shape index (κ1) is 16.3. The quantitative estimate of drug-likeness (QED) is 0.900. The van der Waals surface area contributed by atoms with E-state index < -0.39 is 0 Å². The third-order valence-electron chi connectivity index (χ3n) is 4.68. The van der Waals surface area contributed by atoms with Crippen LogP contribution in [-0.2, 0) is 16.0 Å². The predicted molar refractivity (Wildman–Crippen MR) is 90.2 cm³/mol. The molecule has 23 heavy (non-hydrogen) atoms. The monoisotopic (exact) mass is 334 g/mol. The minimum atomic E-state index is 0.201. The molecule has 1 aromatic carbocycles. The average molecular weight is 335 g/mol. The molecule has 2 aliphatic rings. The number of carbonyl (C=O) groups excluding carboxylic acids is 2. The van der Waals surface area contributed by atoms with Gasteiger partial charge in [0.15, 0.2) is 0 Å². The van der Waals surface area contributed by atoms with Gasteiger partial charge >= 0.3 is 0 Å². The number of nitrogens with zero attached hydrogens (tertiary/aromatic N) is 1. The summed E-state index contributed by atoms with van der Waals surface area (Å²) in [6.45, 7) is 1.49. The van der Waals surface area contributed by atoms with Gasteiger partial charge in [-0.25, -0.2) is 0 Å². The van der Waals surface area contributed by atoms with Crippen molar-refractivity contribution >= 4 is 23.4 Å². The van der Waals surface area contributed by atoms with Crippen molar-refractivity contribution in [2.45, 2.75) is 44.6 Å². The molecular formula is C18H23ClN2O2. The van der Waals surface area contributed by atoms with Crippen molar-refractivity contribution in [3.05, 3.63) is 34.9 Å². The van der Waals surface area contributed by atoms with Crippen LogP contribution in [0.3, 0.4) is 0 Å². The van der Waals surface area contributed by atoms with Crippen LogP contribution in [0.1, 0.15) is 37.7 Å². The molecule has 1 saturated heterocycles. The van der Waals surface area contributed by atoms with Crippen molar-refractivity contribution in [1.29, 1.82) is 0 Å². The average Bonchev–Trinajstić information content (AvgIpc) is 3.40. The Hall–Kier alpha value is -1.55. The fourth-order valence-corrected chi connectivity index (χ4v) is 3.12. The summed E-state index contributed by atoms with van der Waals surface area (Å²) in [6, 6.07) is 7.89. The second kappa shape index (κ2) is 7.35. The van der Waals surface area contributed by atoms with Crippen molar-refractivity contribution in [2.24, 2.45) is 5.92 Å². The molecule has 1 aromatic rings. The van der Waals surface area contributed by atoms with Crippen molar-refractivity contribution in [2.75, 3.05) is 13.1 Å². The third-order valence-corrected chi connectivity index (χ3v) is 4.93. The van der Waals surface area contributed by atoms with E-state index in [2.05, 4.69) is 5.32 Å². The largest absolute Gasteiger partial charge is 0.353 e. The highest BCUT2D eigenvalue weighted by molar-refractivity contribution is 6.30. The van der Waals surface area contributed by atoms with Gasteiger partial charge in [-0.3, -0.25) is 9.59 Å². The fourth-order valence-electron chi connectivity index (χ4n) is 3.00. The van der Waals surface area contributed by atoms with Crippen molar-refractivity contribution in [3.8, 4) is 0 Å². The molecule has 1 N–H and O–H groups in total. The maximum atomic E-state index is 12.3. The number of benzene rings is 1. The Bertz CT molecular complexity index is 561. The van der Waals surface area contributed by atoms with Gasteiger partial charge in [-0.15, -0.1) is 0 Å². The summed E-state index contributed by atoms with van der Waals surface area (Å²) in [7, 11) is 0. The number of likely N-dealkylation sites (tertiary alicyclic amines) is 1. The van der Waals surface area contributed by atoms with Gasteiger partial charge in [-0.2, -0.15) is 0 Å². The number of nitrogens with one attached hydrogen (secondary N) is 1. The van der Waals surface area contributed by atoms with Gasteiger partial charge in [-0.1, -0.05) is 23.7 Å². The van der Waals surface area contributed by atoms with E-state index in [-0.39, 0.29) is 23.8 Å². The molecule has 0 radical (unpaired) electrons. The summed E-state index contributed by atoms with van der Waals surface area (Å²) in [6.07, 6.45) is 5.08. The van der Waals surface area contributed by atoms with Crippen LogP contribution in [0.2, 0.25) is 5.02 Å². The Morgan fingerprint density at radius 2 is 1.74 bits per heavy atom. The molecule has 5 heteroatoms. The zero-order valence-electron chi connectivity index (χ0n) is 13.3. The highest BCUT2D eigenvalue weighted by Crippen LogP contribution is 2.29. The number of piperidine rings is 1. The predicted octanol–water partition coefficient (Wildman–Crippen LogP) is 2.79. The lowest BCUT2D eigenvalue weighted by Crippen LogP contribution is -2.47. The molecule has 0 unspecified atom stereocenters. The lowest BCUT2D eigenvalue weighted by atomic mass is 10.0. The van der Waals surface area contributed by atoms with Crippen LogP contribution in [-0.4, -0.2) is 35.8 Å². The van der Waals surface area contributed by atoms with Crippen LogP contribution in [0.15, 0.2) is 24.3 Å². The first-order valence-electron chi connectivity index (χ1n) is 8.44. The van der Waals surface area contributed by atoms with Gasteiger partial charge in [0.05, 0.1) is 0 Å². The van der Waals surface area contributed by atoms with Crippen LogP contribution < -0.4 is 5.32 Å². The smallest absolute Gasteiger partial charge is 0.223 e. The second-order valence-electron chi connectivity index (χ2n) is 6.56. The van der Waals surface area contributed by atoms with E-state index in [0.717, 1.165) is 55.8 Å². The van der Waals surface area contributed by atoms with Crippen LogP contribution >= 0.6 is 11.6 Å². The number of amides is 2. The van der Waals surface area contributed by atoms with Gasteiger partial charge in [-0.05, 0) is 49.8 Å². The molecule has 1 saturated carbocycles. The molecule has 4 nitrogen and oxygen atoms in total. The molecule has 0 bridgehead atoms. The van der Waals surface area contributed by atoms with E-state index in [1.54, 1.807) is 0 Å². The minimum absolute atomic E-state index is 0.201. The van der Waals surface area contributed by atoms with Crippen LogP contribution in [0.5, 0.6) is 0 Å².